The minimum atomic E-state index is -0.102. The van der Waals surface area contributed by atoms with Crippen molar-refractivity contribution in [2.24, 2.45) is 0 Å². The number of aromatic nitrogens is 2. The van der Waals surface area contributed by atoms with Crippen LogP contribution in [-0.2, 0) is 6.42 Å². The number of aromatic amines is 1. The second-order valence-electron chi connectivity index (χ2n) is 4.75. The molecule has 0 saturated carbocycles. The molecule has 0 bridgehead atoms. The number of fused-ring (bicyclic) bond motifs is 1. The Balaban J connectivity index is 2.10. The van der Waals surface area contributed by atoms with Crippen LogP contribution >= 0.6 is 0 Å². The fraction of sp³-hybridized carbons (Fsp3) is 0.286. The van der Waals surface area contributed by atoms with Crippen molar-refractivity contribution in [3.05, 3.63) is 45.9 Å². The summed E-state index contributed by atoms with van der Waals surface area (Å²) in [5.74, 6) is 0.650. The Hall–Kier alpha value is -2.10. The fourth-order valence-electron chi connectivity index (χ4n) is 2.43. The maximum Gasteiger partial charge on any atom is 0.251 e. The van der Waals surface area contributed by atoms with Gasteiger partial charge in [-0.25, -0.2) is 4.98 Å². The van der Waals surface area contributed by atoms with Gasteiger partial charge in [-0.1, -0.05) is 0 Å². The predicted octanol–water partition coefficient (Wildman–Crippen LogP) is 1.74. The van der Waals surface area contributed by atoms with Crippen molar-refractivity contribution in [3.63, 3.8) is 0 Å². The topological polar surface area (TPSA) is 49.0 Å². The Morgan fingerprint density at radius 1 is 1.33 bits per heavy atom. The molecule has 0 atom stereocenters. The van der Waals surface area contributed by atoms with Gasteiger partial charge in [-0.15, -0.1) is 0 Å². The number of anilines is 1. The Bertz CT molecular complexity index is 660. The monoisotopic (exact) mass is 241 g/mol. The summed E-state index contributed by atoms with van der Waals surface area (Å²) >= 11 is 0. The van der Waals surface area contributed by atoms with E-state index in [9.17, 15) is 4.79 Å². The number of aryl methyl sites for hydroxylation is 1. The number of hydrogen-bond acceptors (Lipinski definition) is 3. The molecule has 3 rings (SSSR count). The first-order valence-corrected chi connectivity index (χ1v) is 6.06. The van der Waals surface area contributed by atoms with Crippen LogP contribution in [0.2, 0.25) is 0 Å². The third kappa shape index (κ3) is 1.79. The molecule has 0 fully saturated rings. The van der Waals surface area contributed by atoms with Crippen LogP contribution in [-0.4, -0.2) is 23.6 Å². The molecule has 0 radical (unpaired) electrons. The SMILES string of the molecule is Cc1cc(=O)[nH]c(-c2ccc3c(c2)CCN3C)n1. The summed E-state index contributed by atoms with van der Waals surface area (Å²) in [6.45, 7) is 2.89. The van der Waals surface area contributed by atoms with Crippen molar-refractivity contribution in [1.29, 1.82) is 0 Å². The lowest BCUT2D eigenvalue weighted by Gasteiger charge is -2.12. The first-order valence-electron chi connectivity index (χ1n) is 6.06. The van der Waals surface area contributed by atoms with E-state index in [2.05, 4.69) is 34.0 Å². The third-order valence-electron chi connectivity index (χ3n) is 3.35. The van der Waals surface area contributed by atoms with Crippen molar-refractivity contribution >= 4 is 5.69 Å². The Morgan fingerprint density at radius 3 is 2.94 bits per heavy atom. The van der Waals surface area contributed by atoms with Crippen molar-refractivity contribution in [3.8, 4) is 11.4 Å². The second-order valence-corrected chi connectivity index (χ2v) is 4.75. The van der Waals surface area contributed by atoms with Crippen LogP contribution in [0.25, 0.3) is 11.4 Å². The van der Waals surface area contributed by atoms with E-state index in [1.807, 2.05) is 13.0 Å². The lowest BCUT2D eigenvalue weighted by atomic mass is 10.1. The molecule has 0 saturated heterocycles. The number of H-pyrrole nitrogens is 1. The maximum atomic E-state index is 11.5. The number of nitrogens with zero attached hydrogens (tertiary/aromatic N) is 2. The number of benzene rings is 1. The van der Waals surface area contributed by atoms with Crippen LogP contribution in [0.15, 0.2) is 29.1 Å². The molecule has 1 aliphatic rings. The smallest absolute Gasteiger partial charge is 0.251 e. The van der Waals surface area contributed by atoms with E-state index in [1.165, 1.54) is 17.3 Å². The molecule has 92 valence electrons. The molecular weight excluding hydrogens is 226 g/mol. The molecule has 1 aromatic carbocycles. The van der Waals surface area contributed by atoms with Gasteiger partial charge >= 0.3 is 0 Å². The molecule has 0 spiro atoms. The predicted molar refractivity (Wildman–Crippen MR) is 72.0 cm³/mol. The zero-order valence-electron chi connectivity index (χ0n) is 10.5. The van der Waals surface area contributed by atoms with Crippen molar-refractivity contribution in [2.45, 2.75) is 13.3 Å². The van der Waals surface area contributed by atoms with Crippen LogP contribution in [0, 0.1) is 6.92 Å². The van der Waals surface area contributed by atoms with Crippen molar-refractivity contribution in [2.75, 3.05) is 18.5 Å². The quantitative estimate of drug-likeness (QED) is 0.827. The van der Waals surface area contributed by atoms with Gasteiger partial charge in [0, 0.05) is 36.6 Å². The summed E-state index contributed by atoms with van der Waals surface area (Å²) in [4.78, 5) is 20.9. The van der Waals surface area contributed by atoms with E-state index in [4.69, 9.17) is 0 Å². The molecule has 0 unspecified atom stereocenters. The van der Waals surface area contributed by atoms with Gasteiger partial charge in [-0.2, -0.15) is 0 Å². The van der Waals surface area contributed by atoms with Crippen LogP contribution in [0.5, 0.6) is 0 Å². The van der Waals surface area contributed by atoms with Crippen molar-refractivity contribution < 1.29 is 0 Å². The highest BCUT2D eigenvalue weighted by molar-refractivity contribution is 5.66. The first kappa shape index (κ1) is 11.0. The van der Waals surface area contributed by atoms with E-state index in [0.717, 1.165) is 24.2 Å². The normalized spacial score (nSPS) is 13.8. The van der Waals surface area contributed by atoms with Crippen LogP contribution < -0.4 is 10.5 Å². The minimum Gasteiger partial charge on any atom is -0.374 e. The van der Waals surface area contributed by atoms with Gasteiger partial charge in [0.1, 0.15) is 5.82 Å². The maximum absolute atomic E-state index is 11.5. The molecule has 4 nitrogen and oxygen atoms in total. The third-order valence-corrected chi connectivity index (χ3v) is 3.35. The van der Waals surface area contributed by atoms with E-state index < -0.39 is 0 Å². The Labute approximate surface area is 105 Å². The molecule has 1 aliphatic heterocycles. The standard InChI is InChI=1S/C14H15N3O/c1-9-7-13(18)16-14(15-9)11-3-4-12-10(8-11)5-6-17(12)2/h3-4,7-8H,5-6H2,1-2H3,(H,15,16,18). The van der Waals surface area contributed by atoms with Gasteiger partial charge < -0.3 is 9.88 Å². The fourth-order valence-corrected chi connectivity index (χ4v) is 2.43. The largest absolute Gasteiger partial charge is 0.374 e. The summed E-state index contributed by atoms with van der Waals surface area (Å²) in [5, 5.41) is 0. The molecule has 0 aliphatic carbocycles. The molecule has 4 heteroatoms. The van der Waals surface area contributed by atoms with Gasteiger partial charge in [0.15, 0.2) is 0 Å². The molecule has 1 N–H and O–H groups in total. The number of rotatable bonds is 1. The van der Waals surface area contributed by atoms with Gasteiger partial charge in [-0.05, 0) is 37.1 Å². The molecule has 2 aromatic rings. The average Bonchev–Trinajstić information content (AvgIpc) is 2.69. The Morgan fingerprint density at radius 2 is 2.17 bits per heavy atom. The highest BCUT2D eigenvalue weighted by atomic mass is 16.1. The highest BCUT2D eigenvalue weighted by Crippen LogP contribution is 2.29. The molecule has 18 heavy (non-hydrogen) atoms. The van der Waals surface area contributed by atoms with Gasteiger partial charge in [0.25, 0.3) is 5.56 Å². The zero-order valence-corrected chi connectivity index (χ0v) is 10.5. The number of hydrogen-bond donors (Lipinski definition) is 1. The summed E-state index contributed by atoms with van der Waals surface area (Å²) in [7, 11) is 2.10. The summed E-state index contributed by atoms with van der Waals surface area (Å²) in [5.41, 5.74) is 4.21. The van der Waals surface area contributed by atoms with E-state index in [0.29, 0.717) is 5.82 Å². The minimum absolute atomic E-state index is 0.102. The molecule has 2 heterocycles. The van der Waals surface area contributed by atoms with Crippen LogP contribution in [0.3, 0.4) is 0 Å². The second kappa shape index (κ2) is 3.98. The van der Waals surface area contributed by atoms with Gasteiger partial charge in [0.2, 0.25) is 0 Å². The lowest BCUT2D eigenvalue weighted by molar-refractivity contribution is 0.956. The first-order chi connectivity index (χ1) is 8.63. The summed E-state index contributed by atoms with van der Waals surface area (Å²) in [6.07, 6.45) is 1.05. The van der Waals surface area contributed by atoms with Crippen molar-refractivity contribution in [1.82, 2.24) is 9.97 Å². The van der Waals surface area contributed by atoms with Gasteiger partial charge in [-0.3, -0.25) is 4.79 Å². The highest BCUT2D eigenvalue weighted by Gasteiger charge is 2.16. The molecule has 0 amide bonds. The van der Waals surface area contributed by atoms with Crippen LogP contribution in [0.1, 0.15) is 11.3 Å². The average molecular weight is 241 g/mol. The molecular formula is C14H15N3O. The number of likely N-dealkylation sites (N-methyl/N-ethyl adjacent to an activating group) is 1. The van der Waals surface area contributed by atoms with E-state index in [-0.39, 0.29) is 5.56 Å². The van der Waals surface area contributed by atoms with Crippen LogP contribution in [0.4, 0.5) is 5.69 Å². The molecule has 1 aromatic heterocycles. The summed E-state index contributed by atoms with van der Waals surface area (Å²) in [6, 6.07) is 7.74. The lowest BCUT2D eigenvalue weighted by Crippen LogP contribution is -2.12. The zero-order chi connectivity index (χ0) is 12.7. The summed E-state index contributed by atoms with van der Waals surface area (Å²) < 4.78 is 0. The number of nitrogens with one attached hydrogen (secondary N) is 1. The Kier molecular flexibility index (Phi) is 2.44. The van der Waals surface area contributed by atoms with Gasteiger partial charge in [0.05, 0.1) is 0 Å². The van der Waals surface area contributed by atoms with E-state index in [1.54, 1.807) is 0 Å². The van der Waals surface area contributed by atoms with E-state index >= 15 is 0 Å².